The second-order valence-electron chi connectivity index (χ2n) is 6.83. The van der Waals surface area contributed by atoms with E-state index in [2.05, 4.69) is 44.6 Å². The van der Waals surface area contributed by atoms with E-state index in [9.17, 15) is 0 Å². The Hall–Kier alpha value is -1.66. The van der Waals surface area contributed by atoms with Crippen molar-refractivity contribution in [2.24, 2.45) is 0 Å². The van der Waals surface area contributed by atoms with Gasteiger partial charge >= 0.3 is 7.12 Å². The van der Waals surface area contributed by atoms with Crippen LogP contribution in [0.2, 0.25) is 0 Å². The van der Waals surface area contributed by atoms with Crippen LogP contribution in [-0.4, -0.2) is 32.9 Å². The minimum Gasteiger partial charge on any atom is -0.399 e. The van der Waals surface area contributed by atoms with E-state index in [1.165, 1.54) is 0 Å². The second kappa shape index (κ2) is 4.93. The van der Waals surface area contributed by atoms with E-state index < -0.39 is 0 Å². The van der Waals surface area contributed by atoms with Gasteiger partial charge in [0.1, 0.15) is 11.6 Å². The molecule has 6 heteroatoms. The van der Waals surface area contributed by atoms with Crippen LogP contribution in [0.4, 0.5) is 0 Å². The highest BCUT2D eigenvalue weighted by molar-refractivity contribution is 6.62. The SMILES string of the molecule is Cc1cc(-n2ccnc2C)ncc1B1OC(C)(C)C(C)(C)O1. The van der Waals surface area contributed by atoms with Gasteiger partial charge in [0.25, 0.3) is 0 Å². The summed E-state index contributed by atoms with van der Waals surface area (Å²) in [6.45, 7) is 12.2. The van der Waals surface area contributed by atoms with Gasteiger partial charge in [-0.15, -0.1) is 0 Å². The first-order valence-electron chi connectivity index (χ1n) is 7.54. The number of aromatic nitrogens is 3. The molecule has 0 bridgehead atoms. The maximum absolute atomic E-state index is 6.10. The Bertz CT molecular complexity index is 693. The lowest BCUT2D eigenvalue weighted by Gasteiger charge is -2.32. The molecule has 1 aliphatic rings. The number of pyridine rings is 1. The molecule has 0 atom stereocenters. The largest absolute Gasteiger partial charge is 0.496 e. The van der Waals surface area contributed by atoms with E-state index >= 15 is 0 Å². The van der Waals surface area contributed by atoms with Gasteiger partial charge in [-0.05, 0) is 53.2 Å². The fourth-order valence-electron chi connectivity index (χ4n) is 2.52. The molecule has 0 aliphatic carbocycles. The lowest BCUT2D eigenvalue weighted by Crippen LogP contribution is -2.41. The van der Waals surface area contributed by atoms with Gasteiger partial charge in [-0.1, -0.05) is 0 Å². The van der Waals surface area contributed by atoms with Crippen LogP contribution in [0.5, 0.6) is 0 Å². The van der Waals surface area contributed by atoms with E-state index in [0.717, 1.165) is 22.7 Å². The molecule has 116 valence electrons. The fourth-order valence-corrected chi connectivity index (χ4v) is 2.52. The molecule has 0 saturated carbocycles. The van der Waals surface area contributed by atoms with Crippen molar-refractivity contribution in [2.45, 2.75) is 52.7 Å². The van der Waals surface area contributed by atoms with Crippen LogP contribution >= 0.6 is 0 Å². The summed E-state index contributed by atoms with van der Waals surface area (Å²) in [6.07, 6.45) is 5.52. The van der Waals surface area contributed by atoms with Crippen LogP contribution in [-0.2, 0) is 9.31 Å². The Balaban J connectivity index is 1.93. The Labute approximate surface area is 131 Å². The molecular formula is C16H22BN3O2. The summed E-state index contributed by atoms with van der Waals surface area (Å²) in [7, 11) is -0.379. The Morgan fingerprint density at radius 3 is 2.18 bits per heavy atom. The van der Waals surface area contributed by atoms with Crippen LogP contribution in [0.3, 0.4) is 0 Å². The van der Waals surface area contributed by atoms with Crippen molar-refractivity contribution in [3.63, 3.8) is 0 Å². The zero-order valence-electron chi connectivity index (χ0n) is 14.0. The van der Waals surface area contributed by atoms with E-state index in [4.69, 9.17) is 9.31 Å². The summed E-state index contributed by atoms with van der Waals surface area (Å²) in [6, 6.07) is 2.04. The third kappa shape index (κ3) is 2.36. The average molecular weight is 299 g/mol. The van der Waals surface area contributed by atoms with Crippen LogP contribution in [0.1, 0.15) is 39.1 Å². The second-order valence-corrected chi connectivity index (χ2v) is 6.83. The van der Waals surface area contributed by atoms with Crippen LogP contribution in [0, 0.1) is 13.8 Å². The molecule has 5 nitrogen and oxygen atoms in total. The summed E-state index contributed by atoms with van der Waals surface area (Å²) in [5, 5.41) is 0. The van der Waals surface area contributed by atoms with E-state index in [1.807, 2.05) is 30.0 Å². The highest BCUT2D eigenvalue weighted by atomic mass is 16.7. The van der Waals surface area contributed by atoms with Crippen molar-refractivity contribution in [2.75, 3.05) is 0 Å². The van der Waals surface area contributed by atoms with Gasteiger partial charge in [-0.25, -0.2) is 9.97 Å². The normalized spacial score (nSPS) is 19.6. The lowest BCUT2D eigenvalue weighted by atomic mass is 9.77. The van der Waals surface area contributed by atoms with Crippen molar-refractivity contribution in [3.05, 3.63) is 36.0 Å². The molecule has 0 radical (unpaired) electrons. The minimum absolute atomic E-state index is 0.344. The molecule has 1 fully saturated rings. The molecule has 1 saturated heterocycles. The van der Waals surface area contributed by atoms with Crippen molar-refractivity contribution >= 4 is 12.6 Å². The van der Waals surface area contributed by atoms with Crippen LogP contribution < -0.4 is 5.46 Å². The molecule has 0 spiro atoms. The number of nitrogens with zero attached hydrogens (tertiary/aromatic N) is 3. The minimum atomic E-state index is -0.379. The highest BCUT2D eigenvalue weighted by Crippen LogP contribution is 2.36. The standard InChI is InChI=1S/C16H22BN3O2/c1-11-9-14(20-8-7-18-12(20)2)19-10-13(11)17-21-15(3,4)16(5,6)22-17/h7-10H,1-6H3. The van der Waals surface area contributed by atoms with E-state index in [-0.39, 0.29) is 18.3 Å². The average Bonchev–Trinajstić information content (AvgIpc) is 2.91. The monoisotopic (exact) mass is 299 g/mol. The third-order valence-electron chi connectivity index (χ3n) is 4.72. The molecule has 2 aromatic rings. The Morgan fingerprint density at radius 1 is 1.05 bits per heavy atom. The van der Waals surface area contributed by atoms with Gasteiger partial charge in [0.15, 0.2) is 0 Å². The third-order valence-corrected chi connectivity index (χ3v) is 4.72. The molecule has 0 unspecified atom stereocenters. The van der Waals surface area contributed by atoms with Gasteiger partial charge in [0, 0.05) is 24.1 Å². The van der Waals surface area contributed by atoms with Gasteiger partial charge < -0.3 is 9.31 Å². The Morgan fingerprint density at radius 2 is 1.68 bits per heavy atom. The molecular weight excluding hydrogens is 277 g/mol. The number of imidazole rings is 1. The summed E-state index contributed by atoms with van der Waals surface area (Å²) in [5.41, 5.74) is 1.38. The van der Waals surface area contributed by atoms with E-state index in [0.29, 0.717) is 0 Å². The van der Waals surface area contributed by atoms with Gasteiger partial charge in [0.2, 0.25) is 0 Å². The predicted octanol–water partition coefficient (Wildman–Crippen LogP) is 2.18. The molecule has 2 aromatic heterocycles. The lowest BCUT2D eigenvalue weighted by molar-refractivity contribution is 0.00578. The predicted molar refractivity (Wildman–Crippen MR) is 86.5 cm³/mol. The van der Waals surface area contributed by atoms with Crippen LogP contribution in [0.25, 0.3) is 5.82 Å². The first-order chi connectivity index (χ1) is 10.2. The summed E-state index contributed by atoms with van der Waals surface area (Å²) >= 11 is 0. The number of rotatable bonds is 2. The maximum Gasteiger partial charge on any atom is 0.496 e. The van der Waals surface area contributed by atoms with Crippen molar-refractivity contribution in [1.82, 2.24) is 14.5 Å². The number of aryl methyl sites for hydroxylation is 2. The molecule has 3 rings (SSSR count). The number of hydrogen-bond acceptors (Lipinski definition) is 4. The molecule has 22 heavy (non-hydrogen) atoms. The number of hydrogen-bond donors (Lipinski definition) is 0. The maximum atomic E-state index is 6.10. The fraction of sp³-hybridized carbons (Fsp3) is 0.500. The van der Waals surface area contributed by atoms with Gasteiger partial charge in [-0.3, -0.25) is 4.57 Å². The zero-order chi connectivity index (χ0) is 16.1. The van der Waals surface area contributed by atoms with Gasteiger partial charge in [0.05, 0.1) is 11.2 Å². The summed E-state index contributed by atoms with van der Waals surface area (Å²) in [5.74, 6) is 1.77. The summed E-state index contributed by atoms with van der Waals surface area (Å²) < 4.78 is 14.2. The van der Waals surface area contributed by atoms with Crippen LogP contribution in [0.15, 0.2) is 24.7 Å². The zero-order valence-corrected chi connectivity index (χ0v) is 14.0. The first kappa shape index (κ1) is 15.2. The van der Waals surface area contributed by atoms with Gasteiger partial charge in [-0.2, -0.15) is 0 Å². The molecule has 0 N–H and O–H groups in total. The summed E-state index contributed by atoms with van der Waals surface area (Å²) in [4.78, 5) is 8.78. The highest BCUT2D eigenvalue weighted by Gasteiger charge is 2.52. The molecule has 3 heterocycles. The smallest absolute Gasteiger partial charge is 0.399 e. The molecule has 0 aromatic carbocycles. The van der Waals surface area contributed by atoms with Crippen molar-refractivity contribution in [3.8, 4) is 5.82 Å². The molecule has 1 aliphatic heterocycles. The van der Waals surface area contributed by atoms with Crippen molar-refractivity contribution < 1.29 is 9.31 Å². The van der Waals surface area contributed by atoms with E-state index in [1.54, 1.807) is 6.20 Å². The quantitative estimate of drug-likeness (QED) is 0.798. The topological polar surface area (TPSA) is 49.2 Å². The van der Waals surface area contributed by atoms with Crippen molar-refractivity contribution in [1.29, 1.82) is 0 Å². The Kier molecular flexibility index (Phi) is 3.42. The molecule has 0 amide bonds. The first-order valence-corrected chi connectivity index (χ1v) is 7.54.